The Labute approximate surface area is 52.3 Å². The second kappa shape index (κ2) is 4.91. The molecule has 0 aliphatic rings. The lowest BCUT2D eigenvalue weighted by molar-refractivity contribution is 0.907. The maximum atomic E-state index is 3.62. The summed E-state index contributed by atoms with van der Waals surface area (Å²) < 4.78 is 0. The Bertz CT molecular complexity index is 61.5. The molecule has 0 unspecified atom stereocenters. The van der Waals surface area contributed by atoms with Gasteiger partial charge in [0.15, 0.2) is 0 Å². The molecule has 0 bridgehead atoms. The molecule has 0 radical (unpaired) electrons. The van der Waals surface area contributed by atoms with Crippen molar-refractivity contribution in [3.05, 3.63) is 12.7 Å². The molecule has 0 aromatic rings. The van der Waals surface area contributed by atoms with Crippen molar-refractivity contribution in [2.45, 2.75) is 20.1 Å². The van der Waals surface area contributed by atoms with E-state index in [9.17, 15) is 0 Å². The van der Waals surface area contributed by atoms with Gasteiger partial charge in [-0.3, -0.25) is 0 Å². The molecule has 46 valence electrons. The highest BCUT2D eigenvalue weighted by molar-refractivity contribution is 6.52. The fraction of sp³-hybridized carbons (Fsp3) is 0.667. The maximum Gasteiger partial charge on any atom is 0.213 e. The van der Waals surface area contributed by atoms with Gasteiger partial charge in [0.1, 0.15) is 0 Å². The first-order valence-corrected chi connectivity index (χ1v) is 3.11. The number of hydrogen-bond acceptors (Lipinski definition) is 1. The van der Waals surface area contributed by atoms with Gasteiger partial charge < -0.3 is 5.23 Å². The van der Waals surface area contributed by atoms with Crippen LogP contribution in [0.5, 0.6) is 0 Å². The standard InChI is InChI=1S/C6H14BN/c1-4-5-6-8-7(2)3/h4,8H,1,5-6H2,2-3H3. The second-order valence-corrected chi connectivity index (χ2v) is 2.19. The van der Waals surface area contributed by atoms with Crippen molar-refractivity contribution in [2.24, 2.45) is 0 Å². The van der Waals surface area contributed by atoms with E-state index in [2.05, 4.69) is 25.5 Å². The van der Waals surface area contributed by atoms with Crippen LogP contribution in [0.1, 0.15) is 6.42 Å². The van der Waals surface area contributed by atoms with Crippen molar-refractivity contribution < 1.29 is 0 Å². The van der Waals surface area contributed by atoms with E-state index < -0.39 is 0 Å². The molecule has 0 aromatic carbocycles. The van der Waals surface area contributed by atoms with E-state index in [1.54, 1.807) is 0 Å². The third-order valence-electron chi connectivity index (χ3n) is 0.901. The summed E-state index contributed by atoms with van der Waals surface area (Å²) in [5.74, 6) is 0. The van der Waals surface area contributed by atoms with Gasteiger partial charge in [0.25, 0.3) is 0 Å². The van der Waals surface area contributed by atoms with Crippen molar-refractivity contribution in [1.29, 1.82) is 0 Å². The molecule has 0 atom stereocenters. The fourth-order valence-electron chi connectivity index (χ4n) is 0.474. The van der Waals surface area contributed by atoms with E-state index in [4.69, 9.17) is 0 Å². The quantitative estimate of drug-likeness (QED) is 0.328. The number of rotatable bonds is 4. The molecule has 0 aliphatic heterocycles. The lowest BCUT2D eigenvalue weighted by Crippen LogP contribution is -2.27. The van der Waals surface area contributed by atoms with Crippen LogP contribution in [-0.2, 0) is 0 Å². The van der Waals surface area contributed by atoms with E-state index in [0.717, 1.165) is 13.0 Å². The molecular formula is C6H14BN. The zero-order valence-corrected chi connectivity index (χ0v) is 5.78. The van der Waals surface area contributed by atoms with Crippen LogP contribution in [0, 0.1) is 0 Å². The average molecular weight is 111 g/mol. The SMILES string of the molecule is C=CCCNB(C)C. The van der Waals surface area contributed by atoms with Gasteiger partial charge in [-0.05, 0) is 13.0 Å². The van der Waals surface area contributed by atoms with Crippen LogP contribution in [-0.4, -0.2) is 13.4 Å². The molecule has 0 aromatic heterocycles. The van der Waals surface area contributed by atoms with Crippen molar-refractivity contribution in [2.75, 3.05) is 6.54 Å². The summed E-state index contributed by atoms with van der Waals surface area (Å²) in [7, 11) is 0. The molecule has 0 heterocycles. The van der Waals surface area contributed by atoms with Gasteiger partial charge in [0, 0.05) is 0 Å². The summed E-state index contributed by atoms with van der Waals surface area (Å²) in [4.78, 5) is 0. The van der Waals surface area contributed by atoms with Crippen molar-refractivity contribution in [1.82, 2.24) is 5.23 Å². The van der Waals surface area contributed by atoms with Gasteiger partial charge in [-0.1, -0.05) is 19.7 Å². The van der Waals surface area contributed by atoms with Crippen LogP contribution in [0.3, 0.4) is 0 Å². The Morgan fingerprint density at radius 3 is 2.62 bits per heavy atom. The molecule has 0 saturated carbocycles. The predicted octanol–water partition coefficient (Wildman–Crippen LogP) is 1.40. The third kappa shape index (κ3) is 5.76. The lowest BCUT2D eigenvalue weighted by Gasteiger charge is -2.00. The van der Waals surface area contributed by atoms with Gasteiger partial charge in [0.2, 0.25) is 6.85 Å². The summed E-state index contributed by atoms with van der Waals surface area (Å²) in [6.45, 7) is 9.56. The zero-order valence-electron chi connectivity index (χ0n) is 5.78. The number of nitrogens with one attached hydrogen (secondary N) is 1. The van der Waals surface area contributed by atoms with E-state index >= 15 is 0 Å². The van der Waals surface area contributed by atoms with Gasteiger partial charge in [0.05, 0.1) is 0 Å². The third-order valence-corrected chi connectivity index (χ3v) is 0.901. The first-order chi connectivity index (χ1) is 3.77. The normalized spacial score (nSPS) is 8.75. The number of hydrogen-bond donors (Lipinski definition) is 1. The molecule has 0 fully saturated rings. The minimum absolute atomic E-state index is 0.606. The minimum atomic E-state index is 0.606. The Morgan fingerprint density at radius 2 is 2.25 bits per heavy atom. The molecule has 1 nitrogen and oxygen atoms in total. The van der Waals surface area contributed by atoms with Crippen LogP contribution < -0.4 is 5.23 Å². The van der Waals surface area contributed by atoms with E-state index in [1.165, 1.54) is 0 Å². The van der Waals surface area contributed by atoms with Gasteiger partial charge >= 0.3 is 0 Å². The Kier molecular flexibility index (Phi) is 4.77. The maximum absolute atomic E-state index is 3.62. The van der Waals surface area contributed by atoms with Crippen LogP contribution in [0.25, 0.3) is 0 Å². The molecule has 0 amide bonds. The van der Waals surface area contributed by atoms with Gasteiger partial charge in [-0.25, -0.2) is 0 Å². The molecule has 0 aliphatic carbocycles. The van der Waals surface area contributed by atoms with Crippen molar-refractivity contribution >= 4 is 6.85 Å². The van der Waals surface area contributed by atoms with Gasteiger partial charge in [-0.2, -0.15) is 0 Å². The molecule has 0 rings (SSSR count). The van der Waals surface area contributed by atoms with E-state index in [1.807, 2.05) is 6.08 Å². The average Bonchev–Trinajstić information content (AvgIpc) is 1.66. The van der Waals surface area contributed by atoms with Crippen molar-refractivity contribution in [3.8, 4) is 0 Å². The predicted molar refractivity (Wildman–Crippen MR) is 40.3 cm³/mol. The molecule has 1 N–H and O–H groups in total. The molecule has 0 saturated heterocycles. The zero-order chi connectivity index (χ0) is 6.41. The van der Waals surface area contributed by atoms with E-state index in [0.29, 0.717) is 6.85 Å². The van der Waals surface area contributed by atoms with Crippen LogP contribution >= 0.6 is 0 Å². The highest BCUT2D eigenvalue weighted by atomic mass is 14.8. The van der Waals surface area contributed by atoms with Crippen molar-refractivity contribution in [3.63, 3.8) is 0 Å². The lowest BCUT2D eigenvalue weighted by atomic mass is 9.69. The summed E-state index contributed by atoms with van der Waals surface area (Å²) in [6, 6.07) is 0. The summed E-state index contributed by atoms with van der Waals surface area (Å²) in [5.41, 5.74) is 0. The first-order valence-electron chi connectivity index (χ1n) is 3.11. The fourth-order valence-corrected chi connectivity index (χ4v) is 0.474. The second-order valence-electron chi connectivity index (χ2n) is 2.19. The monoisotopic (exact) mass is 111 g/mol. The Hall–Kier alpha value is -0.235. The van der Waals surface area contributed by atoms with Crippen LogP contribution in [0.2, 0.25) is 13.6 Å². The molecule has 2 heteroatoms. The van der Waals surface area contributed by atoms with Crippen LogP contribution in [0.15, 0.2) is 12.7 Å². The first kappa shape index (κ1) is 7.76. The molecule has 8 heavy (non-hydrogen) atoms. The Morgan fingerprint density at radius 1 is 1.62 bits per heavy atom. The topological polar surface area (TPSA) is 12.0 Å². The summed E-state index contributed by atoms with van der Waals surface area (Å²) >= 11 is 0. The Balaban J connectivity index is 2.81. The molecular weight excluding hydrogens is 96.9 g/mol. The van der Waals surface area contributed by atoms with E-state index in [-0.39, 0.29) is 0 Å². The largest absolute Gasteiger partial charge is 0.356 e. The van der Waals surface area contributed by atoms with Gasteiger partial charge in [-0.15, -0.1) is 6.58 Å². The highest BCUT2D eigenvalue weighted by Crippen LogP contribution is 1.76. The van der Waals surface area contributed by atoms with Crippen LogP contribution in [0.4, 0.5) is 0 Å². The highest BCUT2D eigenvalue weighted by Gasteiger charge is 1.92. The summed E-state index contributed by atoms with van der Waals surface area (Å²) in [5, 5.41) is 3.28. The molecule has 0 spiro atoms. The smallest absolute Gasteiger partial charge is 0.213 e. The summed E-state index contributed by atoms with van der Waals surface area (Å²) in [6.07, 6.45) is 2.99. The minimum Gasteiger partial charge on any atom is -0.356 e.